The van der Waals surface area contributed by atoms with Gasteiger partial charge in [0, 0.05) is 5.41 Å². The maximum absolute atomic E-state index is 6.14. The highest BCUT2D eigenvalue weighted by atomic mass is 16.3. The fraction of sp³-hybridized carbons (Fsp3) is 0.588. The number of hydrogen-bond acceptors (Lipinski definition) is 3. The first kappa shape index (κ1) is 11.2. The van der Waals surface area contributed by atoms with Crippen molar-refractivity contribution >= 4 is 16.8 Å². The first-order valence-corrected chi connectivity index (χ1v) is 7.87. The lowest BCUT2D eigenvalue weighted by Crippen LogP contribution is -2.48. The summed E-state index contributed by atoms with van der Waals surface area (Å²) in [6.45, 7) is 0. The number of anilines is 1. The highest BCUT2D eigenvalue weighted by molar-refractivity contribution is 5.85. The number of nitrogen functional groups attached to an aromatic ring is 1. The first-order chi connectivity index (χ1) is 9.72. The average Bonchev–Trinajstić information content (AvgIpc) is 2.83. The molecular formula is C17H20N2O. The van der Waals surface area contributed by atoms with Gasteiger partial charge >= 0.3 is 0 Å². The van der Waals surface area contributed by atoms with Gasteiger partial charge in [-0.3, -0.25) is 0 Å². The van der Waals surface area contributed by atoms with Crippen LogP contribution in [0.15, 0.2) is 22.6 Å². The molecule has 4 aliphatic carbocycles. The molecule has 104 valence electrons. The fourth-order valence-corrected chi connectivity index (χ4v) is 5.57. The van der Waals surface area contributed by atoms with E-state index in [4.69, 9.17) is 15.1 Å². The number of benzene rings is 1. The highest BCUT2D eigenvalue weighted by Gasteiger charge is 2.54. The van der Waals surface area contributed by atoms with Crippen molar-refractivity contribution in [3.8, 4) is 0 Å². The summed E-state index contributed by atoms with van der Waals surface area (Å²) in [4.78, 5) is 4.81. The van der Waals surface area contributed by atoms with Crippen LogP contribution in [0, 0.1) is 17.8 Å². The molecule has 0 amide bonds. The van der Waals surface area contributed by atoms with Gasteiger partial charge in [-0.15, -0.1) is 0 Å². The molecule has 0 radical (unpaired) electrons. The van der Waals surface area contributed by atoms with Gasteiger partial charge in [-0.25, -0.2) is 4.98 Å². The predicted molar refractivity (Wildman–Crippen MR) is 78.3 cm³/mol. The van der Waals surface area contributed by atoms with Crippen molar-refractivity contribution in [2.45, 2.75) is 43.9 Å². The molecule has 20 heavy (non-hydrogen) atoms. The smallest absolute Gasteiger partial charge is 0.201 e. The summed E-state index contributed by atoms with van der Waals surface area (Å²) < 4.78 is 6.14. The van der Waals surface area contributed by atoms with Crippen LogP contribution < -0.4 is 5.73 Å². The molecule has 0 spiro atoms. The molecule has 3 heteroatoms. The monoisotopic (exact) mass is 268 g/mol. The van der Waals surface area contributed by atoms with E-state index >= 15 is 0 Å². The zero-order valence-electron chi connectivity index (χ0n) is 11.6. The molecule has 1 aromatic carbocycles. The van der Waals surface area contributed by atoms with Crippen molar-refractivity contribution in [1.82, 2.24) is 4.98 Å². The maximum Gasteiger partial charge on any atom is 0.201 e. The maximum atomic E-state index is 6.14. The van der Waals surface area contributed by atoms with Crippen LogP contribution in [-0.4, -0.2) is 4.98 Å². The Morgan fingerprint density at radius 2 is 1.70 bits per heavy atom. The summed E-state index contributed by atoms with van der Waals surface area (Å²) in [7, 11) is 0. The average molecular weight is 268 g/mol. The van der Waals surface area contributed by atoms with Crippen molar-refractivity contribution < 1.29 is 4.42 Å². The van der Waals surface area contributed by atoms with Gasteiger partial charge in [0.15, 0.2) is 5.58 Å². The third-order valence-electron chi connectivity index (χ3n) is 5.94. The third-order valence-corrected chi connectivity index (χ3v) is 5.94. The fourth-order valence-electron chi connectivity index (χ4n) is 5.57. The third kappa shape index (κ3) is 1.38. The van der Waals surface area contributed by atoms with Crippen molar-refractivity contribution in [1.29, 1.82) is 0 Å². The number of nitrogens with zero attached hydrogens (tertiary/aromatic N) is 1. The van der Waals surface area contributed by atoms with Gasteiger partial charge in [0.2, 0.25) is 5.89 Å². The van der Waals surface area contributed by atoms with Gasteiger partial charge in [0.1, 0.15) is 5.52 Å². The minimum atomic E-state index is 0.222. The number of hydrogen-bond donors (Lipinski definition) is 1. The van der Waals surface area contributed by atoms with Gasteiger partial charge in [0.05, 0.1) is 5.69 Å². The van der Waals surface area contributed by atoms with Crippen LogP contribution in [0.5, 0.6) is 0 Å². The van der Waals surface area contributed by atoms with Crippen molar-refractivity contribution in [2.24, 2.45) is 17.8 Å². The van der Waals surface area contributed by atoms with E-state index in [0.717, 1.165) is 40.4 Å². The van der Waals surface area contributed by atoms with Crippen molar-refractivity contribution in [3.05, 3.63) is 24.1 Å². The molecule has 2 N–H and O–H groups in total. The molecule has 1 heterocycles. The molecule has 4 saturated carbocycles. The van der Waals surface area contributed by atoms with Gasteiger partial charge in [-0.05, 0) is 68.4 Å². The summed E-state index contributed by atoms with van der Waals surface area (Å²) in [5, 5.41) is 0. The van der Waals surface area contributed by atoms with Crippen molar-refractivity contribution in [3.63, 3.8) is 0 Å². The van der Waals surface area contributed by atoms with Gasteiger partial charge < -0.3 is 10.2 Å². The summed E-state index contributed by atoms with van der Waals surface area (Å²) >= 11 is 0. The minimum absolute atomic E-state index is 0.222. The Morgan fingerprint density at radius 1 is 1.05 bits per heavy atom. The van der Waals surface area contributed by atoms with Crippen LogP contribution in [0.3, 0.4) is 0 Å². The molecule has 1 aromatic heterocycles. The minimum Gasteiger partial charge on any atom is -0.440 e. The molecule has 0 atom stereocenters. The molecule has 3 nitrogen and oxygen atoms in total. The number of fused-ring (bicyclic) bond motifs is 1. The van der Waals surface area contributed by atoms with E-state index in [1.807, 2.05) is 18.2 Å². The Kier molecular flexibility index (Phi) is 2.00. The van der Waals surface area contributed by atoms with E-state index in [9.17, 15) is 0 Å². The predicted octanol–water partition coefficient (Wildman–Crippen LogP) is 3.88. The Morgan fingerprint density at radius 3 is 2.30 bits per heavy atom. The van der Waals surface area contributed by atoms with E-state index in [2.05, 4.69) is 0 Å². The van der Waals surface area contributed by atoms with E-state index in [1.54, 1.807) is 0 Å². The van der Waals surface area contributed by atoms with Crippen LogP contribution >= 0.6 is 0 Å². The number of nitrogens with two attached hydrogens (primary N) is 1. The Hall–Kier alpha value is -1.51. The molecule has 4 bridgehead atoms. The van der Waals surface area contributed by atoms with E-state index in [1.165, 1.54) is 38.5 Å². The zero-order valence-corrected chi connectivity index (χ0v) is 11.6. The summed E-state index contributed by atoms with van der Waals surface area (Å²) in [5.41, 5.74) is 8.72. The number of para-hydroxylation sites is 1. The number of aromatic nitrogens is 1. The van der Waals surface area contributed by atoms with Crippen molar-refractivity contribution in [2.75, 3.05) is 5.73 Å². The Balaban J connectivity index is 1.65. The van der Waals surface area contributed by atoms with E-state index < -0.39 is 0 Å². The normalized spacial score (nSPS) is 38.7. The topological polar surface area (TPSA) is 52.0 Å². The number of oxazole rings is 1. The summed E-state index contributed by atoms with van der Waals surface area (Å²) in [6.07, 6.45) is 8.19. The second kappa shape index (κ2) is 3.57. The largest absolute Gasteiger partial charge is 0.440 e. The highest BCUT2D eigenvalue weighted by Crippen LogP contribution is 2.60. The first-order valence-electron chi connectivity index (χ1n) is 7.87. The summed E-state index contributed by atoms with van der Waals surface area (Å²) in [5.74, 6) is 3.71. The quantitative estimate of drug-likeness (QED) is 0.798. The lowest BCUT2D eigenvalue weighted by Gasteiger charge is -2.55. The Labute approximate surface area is 118 Å². The van der Waals surface area contributed by atoms with Gasteiger partial charge in [-0.2, -0.15) is 0 Å². The van der Waals surface area contributed by atoms with Crippen LogP contribution in [0.25, 0.3) is 11.1 Å². The van der Waals surface area contributed by atoms with E-state index in [0.29, 0.717) is 0 Å². The molecule has 0 unspecified atom stereocenters. The molecule has 2 aromatic rings. The lowest BCUT2D eigenvalue weighted by atomic mass is 9.49. The van der Waals surface area contributed by atoms with Gasteiger partial charge in [0.25, 0.3) is 0 Å². The Bertz CT molecular complexity index is 652. The van der Waals surface area contributed by atoms with Crippen LogP contribution in [0.4, 0.5) is 5.69 Å². The van der Waals surface area contributed by atoms with Crippen LogP contribution in [0.2, 0.25) is 0 Å². The van der Waals surface area contributed by atoms with E-state index in [-0.39, 0.29) is 5.41 Å². The van der Waals surface area contributed by atoms with Crippen LogP contribution in [0.1, 0.15) is 44.4 Å². The molecule has 6 rings (SSSR count). The second-order valence-corrected chi connectivity index (χ2v) is 7.41. The lowest BCUT2D eigenvalue weighted by molar-refractivity contribution is -0.0170. The SMILES string of the molecule is Nc1cccc2oc(C34CC5CC(CC(C5)C3)C4)nc12. The standard InChI is InChI=1S/C17H20N2O/c18-13-2-1-3-14-15(13)19-16(20-14)17-7-10-4-11(8-17)6-12(5-10)9-17/h1-3,10-12H,4-9,18H2. The molecule has 0 saturated heterocycles. The zero-order chi connectivity index (χ0) is 13.3. The second-order valence-electron chi connectivity index (χ2n) is 7.41. The van der Waals surface area contributed by atoms with Crippen LogP contribution in [-0.2, 0) is 5.41 Å². The molecule has 4 fully saturated rings. The van der Waals surface area contributed by atoms with Gasteiger partial charge in [-0.1, -0.05) is 6.07 Å². The molecule has 4 aliphatic rings. The molecule has 0 aliphatic heterocycles. The molecular weight excluding hydrogens is 248 g/mol. The summed E-state index contributed by atoms with van der Waals surface area (Å²) in [6, 6.07) is 5.85. The number of rotatable bonds is 1.